The molecule has 0 radical (unpaired) electrons. The Morgan fingerprint density at radius 1 is 1.24 bits per heavy atom. The number of amides is 1. The summed E-state index contributed by atoms with van der Waals surface area (Å²) in [5.41, 5.74) is 0.00162. The maximum atomic E-state index is 12.2. The zero-order chi connectivity index (χ0) is 21.4. The topological polar surface area (TPSA) is 137 Å². The van der Waals surface area contributed by atoms with Crippen LogP contribution in [0.5, 0.6) is 0 Å². The highest BCUT2D eigenvalue weighted by Gasteiger charge is 2.21. The molecule has 0 aliphatic carbocycles. The van der Waals surface area contributed by atoms with Crippen molar-refractivity contribution in [3.8, 4) is 0 Å². The van der Waals surface area contributed by atoms with Gasteiger partial charge in [-0.05, 0) is 13.8 Å². The van der Waals surface area contributed by atoms with Crippen molar-refractivity contribution in [1.29, 1.82) is 0 Å². The monoisotopic (exact) mass is 409 g/mol. The maximum absolute atomic E-state index is 12.2. The Kier molecular flexibility index (Phi) is 8.28. The second-order valence-electron chi connectivity index (χ2n) is 6.41. The van der Waals surface area contributed by atoms with Crippen LogP contribution in [0.25, 0.3) is 11.2 Å². The molecule has 11 heteroatoms. The van der Waals surface area contributed by atoms with Crippen LogP contribution in [0.15, 0.2) is 11.1 Å². The number of carbonyl (C=O) groups is 2. The predicted octanol–water partition coefficient (Wildman–Crippen LogP) is 1.05. The van der Waals surface area contributed by atoms with Gasteiger partial charge in [-0.2, -0.15) is 4.98 Å². The number of carbonyl (C=O) groups excluding carboxylic acids is 2. The van der Waals surface area contributed by atoms with Crippen molar-refractivity contribution in [3.63, 3.8) is 0 Å². The van der Waals surface area contributed by atoms with Crippen molar-refractivity contribution in [2.45, 2.75) is 47.0 Å². The lowest BCUT2D eigenvalue weighted by Gasteiger charge is -2.23. The van der Waals surface area contributed by atoms with Gasteiger partial charge in [0.2, 0.25) is 11.9 Å². The molecule has 1 atom stereocenters. The number of H-pyrrole nitrogens is 1. The minimum Gasteiger partial charge on any atom is -0.466 e. The third-order valence-corrected chi connectivity index (χ3v) is 3.98. The summed E-state index contributed by atoms with van der Waals surface area (Å²) in [5, 5.41) is 2.46. The third kappa shape index (κ3) is 6.64. The third-order valence-electron chi connectivity index (χ3n) is 3.98. The molecular weight excluding hydrogens is 382 g/mol. The zero-order valence-electron chi connectivity index (χ0n) is 17.1. The van der Waals surface area contributed by atoms with Crippen molar-refractivity contribution >= 4 is 29.0 Å². The smallest absolute Gasteiger partial charge is 0.302 e. The van der Waals surface area contributed by atoms with Gasteiger partial charge in [-0.1, -0.05) is 0 Å². The van der Waals surface area contributed by atoms with Crippen LogP contribution in [0.1, 0.15) is 34.1 Å². The quantitative estimate of drug-likeness (QED) is 0.415. The molecule has 2 rings (SSSR count). The zero-order valence-corrected chi connectivity index (χ0v) is 17.1. The Morgan fingerprint density at radius 3 is 2.52 bits per heavy atom. The Labute approximate surface area is 167 Å². The number of nitrogens with one attached hydrogen (secondary N) is 2. The number of fused-ring (bicyclic) bond motifs is 1. The largest absolute Gasteiger partial charge is 0.466 e. The summed E-state index contributed by atoms with van der Waals surface area (Å²) in [7, 11) is 0. The highest BCUT2D eigenvalue weighted by molar-refractivity contribution is 5.87. The summed E-state index contributed by atoms with van der Waals surface area (Å²) >= 11 is 0. The molecule has 0 aromatic carbocycles. The van der Waals surface area contributed by atoms with Gasteiger partial charge in [-0.3, -0.25) is 24.7 Å². The van der Waals surface area contributed by atoms with Gasteiger partial charge in [0, 0.05) is 45.9 Å². The van der Waals surface area contributed by atoms with Crippen LogP contribution in [0.2, 0.25) is 0 Å². The lowest BCUT2D eigenvalue weighted by atomic mass is 10.1. The predicted molar refractivity (Wildman–Crippen MR) is 104 cm³/mol. The molecule has 2 aromatic heterocycles. The highest BCUT2D eigenvalue weighted by Crippen LogP contribution is 2.17. The van der Waals surface area contributed by atoms with Crippen LogP contribution in [0.4, 0.5) is 5.95 Å². The molecule has 160 valence electrons. The van der Waals surface area contributed by atoms with Crippen molar-refractivity contribution in [2.24, 2.45) is 5.92 Å². The second kappa shape index (κ2) is 10.7. The molecule has 1 unspecified atom stereocenters. The normalized spacial score (nSPS) is 12.3. The molecule has 1 amide bonds. The van der Waals surface area contributed by atoms with Gasteiger partial charge in [-0.25, -0.2) is 4.98 Å². The van der Waals surface area contributed by atoms with Gasteiger partial charge in [0.05, 0.1) is 12.9 Å². The van der Waals surface area contributed by atoms with Crippen molar-refractivity contribution in [3.05, 3.63) is 16.7 Å². The molecule has 0 spiro atoms. The number of rotatable bonds is 11. The van der Waals surface area contributed by atoms with Crippen LogP contribution < -0.4 is 10.9 Å². The number of esters is 1. The number of anilines is 1. The van der Waals surface area contributed by atoms with Crippen LogP contribution in [-0.2, 0) is 30.3 Å². The minimum atomic E-state index is -0.462. The molecule has 0 aliphatic heterocycles. The summed E-state index contributed by atoms with van der Waals surface area (Å²) in [5.74, 6) is -0.889. The maximum Gasteiger partial charge on any atom is 0.302 e. The van der Waals surface area contributed by atoms with Gasteiger partial charge < -0.3 is 18.8 Å². The van der Waals surface area contributed by atoms with E-state index in [-0.39, 0.29) is 29.9 Å². The van der Waals surface area contributed by atoms with E-state index >= 15 is 0 Å². The fourth-order valence-electron chi connectivity index (χ4n) is 2.85. The number of aromatic amines is 1. The molecule has 0 fully saturated rings. The summed E-state index contributed by atoms with van der Waals surface area (Å²) in [6.45, 7) is 7.87. The number of imidazole rings is 1. The summed E-state index contributed by atoms with van der Waals surface area (Å²) in [6.07, 6.45) is 1.50. The average Bonchev–Trinajstić information content (AvgIpc) is 3.03. The molecule has 29 heavy (non-hydrogen) atoms. The first-order valence-electron chi connectivity index (χ1n) is 9.43. The van der Waals surface area contributed by atoms with Gasteiger partial charge >= 0.3 is 5.97 Å². The number of ether oxygens (including phenoxy) is 3. The van der Waals surface area contributed by atoms with Crippen LogP contribution in [0.3, 0.4) is 0 Å². The Morgan fingerprint density at radius 2 is 1.93 bits per heavy atom. The van der Waals surface area contributed by atoms with Crippen molar-refractivity contribution in [2.75, 3.05) is 25.1 Å². The van der Waals surface area contributed by atoms with Crippen LogP contribution in [-0.4, -0.2) is 57.5 Å². The summed E-state index contributed by atoms with van der Waals surface area (Å²) in [4.78, 5) is 45.6. The molecule has 0 bridgehead atoms. The lowest BCUT2D eigenvalue weighted by Crippen LogP contribution is -2.27. The SMILES string of the molecule is CCOC(CC(COC(C)=O)Cn1cnc2c(=O)[nH]c(NC(C)=O)nc21)OCC. The van der Waals surface area contributed by atoms with E-state index in [0.29, 0.717) is 31.8 Å². The molecule has 0 saturated heterocycles. The summed E-state index contributed by atoms with van der Waals surface area (Å²) < 4.78 is 18.1. The number of aromatic nitrogens is 4. The van der Waals surface area contributed by atoms with Crippen LogP contribution in [0, 0.1) is 5.92 Å². The molecule has 2 N–H and O–H groups in total. The van der Waals surface area contributed by atoms with E-state index in [1.54, 1.807) is 4.57 Å². The molecule has 2 heterocycles. The average molecular weight is 409 g/mol. The van der Waals surface area contributed by atoms with Crippen molar-refractivity contribution in [1.82, 2.24) is 19.5 Å². The molecule has 0 aliphatic rings. The Balaban J connectivity index is 2.29. The first kappa shape index (κ1) is 22.5. The highest BCUT2D eigenvalue weighted by atomic mass is 16.7. The second-order valence-corrected chi connectivity index (χ2v) is 6.41. The Bertz CT molecular complexity index is 886. The van der Waals surface area contributed by atoms with Gasteiger partial charge in [0.1, 0.15) is 0 Å². The number of hydrogen-bond acceptors (Lipinski definition) is 8. The van der Waals surface area contributed by atoms with E-state index < -0.39 is 17.8 Å². The first-order valence-corrected chi connectivity index (χ1v) is 9.43. The minimum absolute atomic E-state index is 0.0368. The first-order chi connectivity index (χ1) is 13.8. The molecule has 2 aromatic rings. The van der Waals surface area contributed by atoms with Crippen LogP contribution >= 0.6 is 0 Å². The standard InChI is InChI=1S/C18H27N5O6/c1-5-27-14(28-6-2)7-13(9-29-12(4)25)8-23-10-19-15-16(23)21-18(20-11(3)24)22-17(15)26/h10,13-14H,5-9H2,1-4H3,(H2,20,21,22,24,26). The Hall–Kier alpha value is -2.79. The fourth-order valence-corrected chi connectivity index (χ4v) is 2.85. The van der Waals surface area contributed by atoms with Gasteiger partial charge in [0.15, 0.2) is 17.5 Å². The molecular formula is C18H27N5O6. The van der Waals surface area contributed by atoms with E-state index in [9.17, 15) is 14.4 Å². The fraction of sp³-hybridized carbons (Fsp3) is 0.611. The summed E-state index contributed by atoms with van der Waals surface area (Å²) in [6, 6.07) is 0. The van der Waals surface area contributed by atoms with E-state index in [2.05, 4.69) is 20.3 Å². The number of hydrogen-bond donors (Lipinski definition) is 2. The molecule has 0 saturated carbocycles. The van der Waals surface area contributed by atoms with E-state index in [1.165, 1.54) is 20.2 Å². The molecule has 11 nitrogen and oxygen atoms in total. The van der Waals surface area contributed by atoms with E-state index in [0.717, 1.165) is 0 Å². The van der Waals surface area contributed by atoms with E-state index in [4.69, 9.17) is 14.2 Å². The van der Waals surface area contributed by atoms with Gasteiger partial charge in [-0.15, -0.1) is 0 Å². The van der Waals surface area contributed by atoms with Gasteiger partial charge in [0.25, 0.3) is 5.56 Å². The number of nitrogens with zero attached hydrogens (tertiary/aromatic N) is 3. The van der Waals surface area contributed by atoms with Crippen molar-refractivity contribution < 1.29 is 23.8 Å². The van der Waals surface area contributed by atoms with E-state index in [1.807, 2.05) is 13.8 Å². The lowest BCUT2D eigenvalue weighted by molar-refractivity contribution is -0.156.